The molecule has 2 aliphatic rings. The Bertz CT molecular complexity index is 1100. The van der Waals surface area contributed by atoms with Crippen LogP contribution in [0.25, 0.3) is 0 Å². The van der Waals surface area contributed by atoms with Crippen LogP contribution in [-0.4, -0.2) is 60.0 Å². The maximum Gasteiger partial charge on any atom is 0.263 e. The number of hydrogen-bond acceptors (Lipinski definition) is 6. The van der Waals surface area contributed by atoms with Crippen molar-refractivity contribution in [3.63, 3.8) is 0 Å². The lowest BCUT2D eigenvalue weighted by Gasteiger charge is -2.40. The Hall–Kier alpha value is -3.32. The van der Waals surface area contributed by atoms with Crippen molar-refractivity contribution in [2.45, 2.75) is 12.8 Å². The van der Waals surface area contributed by atoms with Gasteiger partial charge in [0, 0.05) is 62.4 Å². The summed E-state index contributed by atoms with van der Waals surface area (Å²) in [5.74, 6) is 2.06. The van der Waals surface area contributed by atoms with E-state index in [1.165, 1.54) is 0 Å². The van der Waals surface area contributed by atoms with Gasteiger partial charge in [0.2, 0.25) is 5.91 Å². The van der Waals surface area contributed by atoms with Crippen LogP contribution < -0.4 is 14.5 Å². The molecule has 3 heterocycles. The fourth-order valence-electron chi connectivity index (χ4n) is 4.67. The summed E-state index contributed by atoms with van der Waals surface area (Å²) in [4.78, 5) is 28.8. The number of piperidine rings is 1. The predicted molar refractivity (Wildman–Crippen MR) is 134 cm³/mol. The Balaban J connectivity index is 1.22. The summed E-state index contributed by atoms with van der Waals surface area (Å²) in [6.07, 6.45) is 5.13. The average molecular weight is 478 g/mol. The largest absolute Gasteiger partial charge is 0.436 e. The van der Waals surface area contributed by atoms with E-state index < -0.39 is 0 Å². The number of piperazine rings is 1. The van der Waals surface area contributed by atoms with Gasteiger partial charge in [-0.3, -0.25) is 4.79 Å². The standard InChI is InChI=1S/C26H28ClN5O2/c27-21-8-10-22(11-9-21)30-15-17-31(18-16-30)26(33)20-5-4-14-32(19-20)24-25(29-13-12-28-24)34-23-6-2-1-3-7-23/h1-3,6-13,20H,4-5,14-19H2. The molecule has 0 N–H and O–H groups in total. The van der Waals surface area contributed by atoms with Crippen LogP contribution in [0.2, 0.25) is 5.02 Å². The summed E-state index contributed by atoms with van der Waals surface area (Å²) in [5, 5.41) is 0.736. The predicted octanol–water partition coefficient (Wildman–Crippen LogP) is 4.49. The molecule has 8 heteroatoms. The summed E-state index contributed by atoms with van der Waals surface area (Å²) in [6, 6.07) is 17.5. The highest BCUT2D eigenvalue weighted by molar-refractivity contribution is 6.30. The molecule has 3 aromatic rings. The number of carbonyl (C=O) groups is 1. The molecule has 0 saturated carbocycles. The van der Waals surface area contributed by atoms with Crippen molar-refractivity contribution in [2.24, 2.45) is 5.92 Å². The van der Waals surface area contributed by atoms with Crippen molar-refractivity contribution < 1.29 is 9.53 Å². The molecule has 1 aromatic heterocycles. The van der Waals surface area contributed by atoms with Crippen LogP contribution in [0.4, 0.5) is 11.5 Å². The van der Waals surface area contributed by atoms with Gasteiger partial charge in [-0.05, 0) is 49.2 Å². The highest BCUT2D eigenvalue weighted by Crippen LogP contribution is 2.31. The molecule has 0 radical (unpaired) electrons. The second-order valence-corrected chi connectivity index (χ2v) is 9.11. The molecule has 1 amide bonds. The smallest absolute Gasteiger partial charge is 0.263 e. The third kappa shape index (κ3) is 5.09. The van der Waals surface area contributed by atoms with Crippen LogP contribution in [0, 0.1) is 5.92 Å². The van der Waals surface area contributed by atoms with Crippen LogP contribution in [0.3, 0.4) is 0 Å². The molecule has 7 nitrogen and oxygen atoms in total. The molecule has 5 rings (SSSR count). The van der Waals surface area contributed by atoms with Crippen molar-refractivity contribution in [3.05, 3.63) is 72.0 Å². The minimum atomic E-state index is -0.0533. The highest BCUT2D eigenvalue weighted by Gasteiger charge is 2.32. The molecule has 1 unspecified atom stereocenters. The number of hydrogen-bond donors (Lipinski definition) is 0. The average Bonchev–Trinajstić information content (AvgIpc) is 2.90. The second kappa shape index (κ2) is 10.3. The van der Waals surface area contributed by atoms with Crippen molar-refractivity contribution in [3.8, 4) is 11.6 Å². The van der Waals surface area contributed by atoms with E-state index in [2.05, 4.69) is 19.8 Å². The number of ether oxygens (including phenoxy) is 1. The van der Waals surface area contributed by atoms with Gasteiger partial charge in [-0.15, -0.1) is 0 Å². The molecule has 34 heavy (non-hydrogen) atoms. The van der Waals surface area contributed by atoms with E-state index in [0.717, 1.165) is 56.3 Å². The minimum absolute atomic E-state index is 0.0533. The van der Waals surface area contributed by atoms with Crippen LogP contribution >= 0.6 is 11.6 Å². The SMILES string of the molecule is O=C(C1CCCN(c2nccnc2Oc2ccccc2)C1)N1CCN(c2ccc(Cl)cc2)CC1. The quantitative estimate of drug-likeness (QED) is 0.539. The number of benzene rings is 2. The zero-order valence-electron chi connectivity index (χ0n) is 19.0. The fourth-order valence-corrected chi connectivity index (χ4v) is 4.80. The van der Waals surface area contributed by atoms with Crippen molar-refractivity contribution in [1.82, 2.24) is 14.9 Å². The number of nitrogens with zero attached hydrogens (tertiary/aromatic N) is 5. The summed E-state index contributed by atoms with van der Waals surface area (Å²) >= 11 is 6.02. The lowest BCUT2D eigenvalue weighted by atomic mass is 9.96. The Labute approximate surface area is 204 Å². The van der Waals surface area contributed by atoms with Gasteiger partial charge >= 0.3 is 0 Å². The molecule has 0 spiro atoms. The van der Waals surface area contributed by atoms with Crippen molar-refractivity contribution in [2.75, 3.05) is 49.1 Å². The van der Waals surface area contributed by atoms with Gasteiger partial charge in [0.05, 0.1) is 5.92 Å². The van der Waals surface area contributed by atoms with Crippen molar-refractivity contribution in [1.29, 1.82) is 0 Å². The third-order valence-electron chi connectivity index (χ3n) is 6.46. The molecule has 2 aliphatic heterocycles. The van der Waals surface area contributed by atoms with Gasteiger partial charge < -0.3 is 19.4 Å². The molecule has 2 saturated heterocycles. The molecular weight excluding hydrogens is 450 g/mol. The molecule has 0 bridgehead atoms. The topological polar surface area (TPSA) is 61.8 Å². The van der Waals surface area contributed by atoms with E-state index in [0.29, 0.717) is 24.0 Å². The van der Waals surface area contributed by atoms with E-state index >= 15 is 0 Å². The third-order valence-corrected chi connectivity index (χ3v) is 6.71. The molecule has 2 fully saturated rings. The van der Waals surface area contributed by atoms with E-state index in [4.69, 9.17) is 16.3 Å². The monoisotopic (exact) mass is 477 g/mol. The molecule has 176 valence electrons. The van der Waals surface area contributed by atoms with Crippen LogP contribution in [0.1, 0.15) is 12.8 Å². The minimum Gasteiger partial charge on any atom is -0.436 e. The van der Waals surface area contributed by atoms with Gasteiger partial charge in [-0.1, -0.05) is 29.8 Å². The first-order valence-electron chi connectivity index (χ1n) is 11.8. The lowest BCUT2D eigenvalue weighted by molar-refractivity contribution is -0.136. The number of halogens is 1. The Morgan fingerprint density at radius 1 is 0.882 bits per heavy atom. The van der Waals surface area contributed by atoms with Gasteiger partial charge in [0.1, 0.15) is 5.75 Å². The highest BCUT2D eigenvalue weighted by atomic mass is 35.5. The van der Waals surface area contributed by atoms with Crippen LogP contribution in [-0.2, 0) is 4.79 Å². The van der Waals surface area contributed by atoms with E-state index in [1.54, 1.807) is 12.4 Å². The number of anilines is 2. The maximum absolute atomic E-state index is 13.4. The van der Waals surface area contributed by atoms with Crippen molar-refractivity contribution >= 4 is 29.0 Å². The Morgan fingerprint density at radius 3 is 2.38 bits per heavy atom. The molecular formula is C26H28ClN5O2. The van der Waals surface area contributed by atoms with Gasteiger partial charge in [-0.25, -0.2) is 9.97 Å². The van der Waals surface area contributed by atoms with E-state index in [1.807, 2.05) is 59.5 Å². The van der Waals surface area contributed by atoms with Crippen LogP contribution in [0.15, 0.2) is 67.0 Å². The Kier molecular flexibility index (Phi) is 6.81. The van der Waals surface area contributed by atoms with Crippen LogP contribution in [0.5, 0.6) is 11.6 Å². The number of amides is 1. The molecule has 1 atom stereocenters. The molecule has 2 aromatic carbocycles. The lowest BCUT2D eigenvalue weighted by Crippen LogP contribution is -2.52. The van der Waals surface area contributed by atoms with Gasteiger partial charge in [-0.2, -0.15) is 0 Å². The number of aromatic nitrogens is 2. The summed E-state index contributed by atoms with van der Waals surface area (Å²) < 4.78 is 6.01. The normalized spacial score (nSPS) is 18.6. The zero-order chi connectivity index (χ0) is 23.3. The zero-order valence-corrected chi connectivity index (χ0v) is 19.8. The number of carbonyl (C=O) groups excluding carboxylic acids is 1. The first-order valence-corrected chi connectivity index (χ1v) is 12.1. The first-order chi connectivity index (χ1) is 16.7. The van der Waals surface area contributed by atoms with E-state index in [9.17, 15) is 4.79 Å². The summed E-state index contributed by atoms with van der Waals surface area (Å²) in [7, 11) is 0. The first kappa shape index (κ1) is 22.5. The van der Waals surface area contributed by atoms with Gasteiger partial charge in [0.15, 0.2) is 5.82 Å². The Morgan fingerprint density at radius 2 is 1.62 bits per heavy atom. The van der Waals surface area contributed by atoms with Gasteiger partial charge in [0.25, 0.3) is 5.88 Å². The summed E-state index contributed by atoms with van der Waals surface area (Å²) in [5.41, 5.74) is 1.15. The fraction of sp³-hybridized carbons (Fsp3) is 0.346. The summed E-state index contributed by atoms with van der Waals surface area (Å²) in [6.45, 7) is 4.56. The number of rotatable bonds is 5. The second-order valence-electron chi connectivity index (χ2n) is 8.67. The molecule has 0 aliphatic carbocycles. The maximum atomic E-state index is 13.4. The number of para-hydroxylation sites is 1. The van der Waals surface area contributed by atoms with E-state index in [-0.39, 0.29) is 11.8 Å².